The summed E-state index contributed by atoms with van der Waals surface area (Å²) in [4.78, 5) is 0.560. The molecule has 0 bridgehead atoms. The summed E-state index contributed by atoms with van der Waals surface area (Å²) in [6.45, 7) is 0.245. The zero-order valence-electron chi connectivity index (χ0n) is 11.2. The molecule has 0 spiro atoms. The summed E-state index contributed by atoms with van der Waals surface area (Å²) >= 11 is 7.19. The maximum Gasteiger partial charge on any atom is 0.245 e. The fourth-order valence-corrected chi connectivity index (χ4v) is 4.05. The first-order valence-corrected chi connectivity index (χ1v) is 8.75. The molecule has 1 aromatic heterocycles. The van der Waals surface area contributed by atoms with Gasteiger partial charge >= 0.3 is 0 Å². The van der Waals surface area contributed by atoms with Crippen molar-refractivity contribution >= 4 is 38.6 Å². The molecule has 8 heteroatoms. The van der Waals surface area contributed by atoms with Gasteiger partial charge in [-0.2, -0.15) is 0 Å². The summed E-state index contributed by atoms with van der Waals surface area (Å²) in [5.41, 5.74) is 5.65. The quantitative estimate of drug-likeness (QED) is 0.845. The third-order valence-electron chi connectivity index (χ3n) is 2.96. The average molecular weight is 349 g/mol. The SMILES string of the molecule is CN(CCc1cccs1)S(=O)(=O)c1cc(N)cc(Cl)c1F. The number of nitrogens with two attached hydrogens (primary N) is 1. The summed E-state index contributed by atoms with van der Waals surface area (Å²) in [5.74, 6) is -0.978. The van der Waals surface area contributed by atoms with Crippen LogP contribution in [0.1, 0.15) is 4.88 Å². The van der Waals surface area contributed by atoms with Crippen LogP contribution in [0.5, 0.6) is 0 Å². The maximum atomic E-state index is 14.0. The smallest absolute Gasteiger partial charge is 0.245 e. The Bertz CT molecular complexity index is 733. The molecule has 0 saturated heterocycles. The molecule has 0 unspecified atom stereocenters. The van der Waals surface area contributed by atoms with E-state index in [1.54, 1.807) is 11.3 Å². The van der Waals surface area contributed by atoms with Crippen molar-refractivity contribution in [3.63, 3.8) is 0 Å². The van der Waals surface area contributed by atoms with Gasteiger partial charge in [-0.25, -0.2) is 17.1 Å². The van der Waals surface area contributed by atoms with E-state index in [2.05, 4.69) is 0 Å². The fraction of sp³-hybridized carbons (Fsp3) is 0.231. The molecule has 0 aliphatic rings. The number of anilines is 1. The number of thiophene rings is 1. The Labute approximate surface area is 132 Å². The molecule has 4 nitrogen and oxygen atoms in total. The van der Waals surface area contributed by atoms with Crippen molar-refractivity contribution in [3.05, 3.63) is 45.4 Å². The lowest BCUT2D eigenvalue weighted by atomic mass is 10.3. The van der Waals surface area contributed by atoms with Gasteiger partial charge in [0.1, 0.15) is 4.90 Å². The van der Waals surface area contributed by atoms with Gasteiger partial charge in [0.05, 0.1) is 5.02 Å². The van der Waals surface area contributed by atoms with Gasteiger partial charge in [0.2, 0.25) is 10.0 Å². The topological polar surface area (TPSA) is 63.4 Å². The summed E-state index contributed by atoms with van der Waals surface area (Å²) < 4.78 is 39.8. The summed E-state index contributed by atoms with van der Waals surface area (Å²) in [5, 5.41) is 1.61. The normalized spacial score (nSPS) is 12.0. The van der Waals surface area contributed by atoms with E-state index < -0.39 is 20.7 Å². The monoisotopic (exact) mass is 348 g/mol. The molecular formula is C13H14ClFN2O2S2. The molecule has 0 aliphatic carbocycles. The molecule has 2 N–H and O–H groups in total. The predicted molar refractivity (Wildman–Crippen MR) is 83.7 cm³/mol. The van der Waals surface area contributed by atoms with E-state index in [0.717, 1.165) is 15.2 Å². The first-order chi connectivity index (χ1) is 9.82. The lowest BCUT2D eigenvalue weighted by molar-refractivity contribution is 0.466. The number of nitrogen functional groups attached to an aromatic ring is 1. The Morgan fingerprint density at radius 3 is 2.76 bits per heavy atom. The molecule has 0 fully saturated rings. The Kier molecular flexibility index (Phi) is 4.88. The van der Waals surface area contributed by atoms with Crippen LogP contribution >= 0.6 is 22.9 Å². The molecule has 0 amide bonds. The van der Waals surface area contributed by atoms with Gasteiger partial charge < -0.3 is 5.73 Å². The Morgan fingerprint density at radius 2 is 2.14 bits per heavy atom. The average Bonchev–Trinajstić information content (AvgIpc) is 2.93. The Hall–Kier alpha value is -1.15. The Morgan fingerprint density at radius 1 is 1.43 bits per heavy atom. The third-order valence-corrected chi connectivity index (χ3v) is 6.03. The van der Waals surface area contributed by atoms with Crippen molar-refractivity contribution < 1.29 is 12.8 Å². The molecule has 0 aliphatic heterocycles. The molecule has 2 aromatic rings. The number of likely N-dealkylation sites (N-methyl/N-ethyl adjacent to an activating group) is 1. The first-order valence-electron chi connectivity index (χ1n) is 6.05. The van der Waals surface area contributed by atoms with E-state index in [4.69, 9.17) is 17.3 Å². The van der Waals surface area contributed by atoms with E-state index in [9.17, 15) is 12.8 Å². The minimum atomic E-state index is -3.97. The number of hydrogen-bond donors (Lipinski definition) is 1. The lowest BCUT2D eigenvalue weighted by Crippen LogP contribution is -2.29. The fourth-order valence-electron chi connectivity index (χ4n) is 1.78. The molecule has 0 saturated carbocycles. The van der Waals surface area contributed by atoms with Gasteiger partial charge in [-0.15, -0.1) is 11.3 Å². The maximum absolute atomic E-state index is 14.0. The highest BCUT2D eigenvalue weighted by Crippen LogP contribution is 2.27. The van der Waals surface area contributed by atoms with Crippen LogP contribution in [-0.2, 0) is 16.4 Å². The molecule has 0 radical (unpaired) electrons. The van der Waals surface area contributed by atoms with Crippen LogP contribution in [0.15, 0.2) is 34.5 Å². The second-order valence-corrected chi connectivity index (χ2v) is 7.92. The van der Waals surface area contributed by atoms with Crippen molar-refractivity contribution in [1.82, 2.24) is 4.31 Å². The molecule has 2 rings (SSSR count). The van der Waals surface area contributed by atoms with E-state index in [0.29, 0.717) is 6.42 Å². The zero-order valence-corrected chi connectivity index (χ0v) is 13.6. The molecule has 0 atom stereocenters. The number of benzene rings is 1. The van der Waals surface area contributed by atoms with Crippen LogP contribution in [0.2, 0.25) is 5.02 Å². The zero-order chi connectivity index (χ0) is 15.6. The Balaban J connectivity index is 2.25. The van der Waals surface area contributed by atoms with Gasteiger partial charge in [0.15, 0.2) is 5.82 Å². The number of nitrogens with zero attached hydrogens (tertiary/aromatic N) is 1. The van der Waals surface area contributed by atoms with Gasteiger partial charge in [0.25, 0.3) is 0 Å². The van der Waals surface area contributed by atoms with Gasteiger partial charge in [-0.1, -0.05) is 17.7 Å². The van der Waals surface area contributed by atoms with Crippen LogP contribution in [0, 0.1) is 5.82 Å². The number of rotatable bonds is 5. The van der Waals surface area contributed by atoms with Crippen LogP contribution in [-0.4, -0.2) is 26.3 Å². The van der Waals surface area contributed by atoms with Crippen LogP contribution < -0.4 is 5.73 Å². The highest BCUT2D eigenvalue weighted by Gasteiger charge is 2.26. The molecule has 21 heavy (non-hydrogen) atoms. The molecule has 1 aromatic carbocycles. The third kappa shape index (κ3) is 3.55. The van der Waals surface area contributed by atoms with Crippen molar-refractivity contribution in [1.29, 1.82) is 0 Å². The highest BCUT2D eigenvalue weighted by atomic mass is 35.5. The van der Waals surface area contributed by atoms with Crippen molar-refractivity contribution in [2.75, 3.05) is 19.3 Å². The first kappa shape index (κ1) is 16.2. The van der Waals surface area contributed by atoms with Crippen LogP contribution in [0.3, 0.4) is 0 Å². The van der Waals surface area contributed by atoms with Gasteiger partial charge in [-0.05, 0) is 30.0 Å². The lowest BCUT2D eigenvalue weighted by Gasteiger charge is -2.18. The minimum absolute atomic E-state index is 0.103. The predicted octanol–water partition coefficient (Wildman–Crippen LogP) is 2.99. The van der Waals surface area contributed by atoms with E-state index in [-0.39, 0.29) is 17.3 Å². The second kappa shape index (κ2) is 6.31. The van der Waals surface area contributed by atoms with Crippen LogP contribution in [0.25, 0.3) is 0 Å². The van der Waals surface area contributed by atoms with Gasteiger partial charge in [-0.3, -0.25) is 0 Å². The highest BCUT2D eigenvalue weighted by molar-refractivity contribution is 7.89. The van der Waals surface area contributed by atoms with E-state index >= 15 is 0 Å². The number of sulfonamides is 1. The molecule has 1 heterocycles. The second-order valence-electron chi connectivity index (χ2n) is 4.47. The number of halogens is 2. The van der Waals surface area contributed by atoms with E-state index in [1.165, 1.54) is 13.1 Å². The van der Waals surface area contributed by atoms with Crippen LogP contribution in [0.4, 0.5) is 10.1 Å². The minimum Gasteiger partial charge on any atom is -0.399 e. The van der Waals surface area contributed by atoms with Crippen molar-refractivity contribution in [2.24, 2.45) is 0 Å². The summed E-state index contributed by atoms with van der Waals surface area (Å²) in [6, 6.07) is 6.08. The number of hydrogen-bond acceptors (Lipinski definition) is 4. The molecular weight excluding hydrogens is 335 g/mol. The summed E-state index contributed by atoms with van der Waals surface area (Å²) in [6.07, 6.45) is 0.561. The van der Waals surface area contributed by atoms with Crippen molar-refractivity contribution in [3.8, 4) is 0 Å². The van der Waals surface area contributed by atoms with Gasteiger partial charge in [0, 0.05) is 24.2 Å². The van der Waals surface area contributed by atoms with E-state index in [1.807, 2.05) is 17.5 Å². The van der Waals surface area contributed by atoms with Crippen molar-refractivity contribution in [2.45, 2.75) is 11.3 Å². The molecule has 114 valence electrons. The standard InChI is InChI=1S/C13H14ClFN2O2S2/c1-17(5-4-10-3-2-6-20-10)21(18,19)12-8-9(16)7-11(14)13(12)15/h2-3,6-8H,4-5,16H2,1H3. The largest absolute Gasteiger partial charge is 0.399 e. The summed E-state index contributed by atoms with van der Waals surface area (Å²) in [7, 11) is -2.57.